The molecule has 4 heteroatoms. The van der Waals surface area contributed by atoms with E-state index in [1.807, 2.05) is 6.26 Å². The topological polar surface area (TPSA) is 9.23 Å². The Morgan fingerprint density at radius 1 is 1.25 bits per heavy atom. The van der Waals surface area contributed by atoms with Crippen molar-refractivity contribution in [3.05, 3.63) is 23.8 Å². The predicted molar refractivity (Wildman–Crippen MR) is 63.2 cm³/mol. The van der Waals surface area contributed by atoms with Crippen LogP contribution in [0, 0.1) is 11.6 Å². The number of rotatable bonds is 6. The van der Waals surface area contributed by atoms with Crippen LogP contribution in [-0.2, 0) is 0 Å². The van der Waals surface area contributed by atoms with Crippen molar-refractivity contribution in [2.24, 2.45) is 0 Å². The third kappa shape index (κ3) is 3.67. The lowest BCUT2D eigenvalue weighted by Crippen LogP contribution is -2.00. The molecule has 1 aromatic carbocycles. The van der Waals surface area contributed by atoms with E-state index in [9.17, 15) is 8.78 Å². The van der Waals surface area contributed by atoms with Gasteiger partial charge in [0.25, 0.3) is 0 Å². The summed E-state index contributed by atoms with van der Waals surface area (Å²) >= 11 is 1.36. The minimum Gasteiger partial charge on any atom is -0.490 e. The van der Waals surface area contributed by atoms with E-state index in [1.165, 1.54) is 23.9 Å². The van der Waals surface area contributed by atoms with Crippen molar-refractivity contribution in [3.63, 3.8) is 0 Å². The minimum absolute atomic E-state index is 0.0143. The summed E-state index contributed by atoms with van der Waals surface area (Å²) in [5.41, 5.74) is 0. The molecule has 0 bridgehead atoms. The van der Waals surface area contributed by atoms with Crippen LogP contribution in [-0.4, -0.2) is 12.9 Å². The molecule has 0 N–H and O–H groups in total. The van der Waals surface area contributed by atoms with Crippen LogP contribution in [0.25, 0.3) is 0 Å². The van der Waals surface area contributed by atoms with Gasteiger partial charge in [-0.1, -0.05) is 19.8 Å². The summed E-state index contributed by atoms with van der Waals surface area (Å²) in [5.74, 6) is -1.73. The lowest BCUT2D eigenvalue weighted by atomic mass is 10.2. The lowest BCUT2D eigenvalue weighted by Gasteiger charge is -2.08. The smallest absolute Gasteiger partial charge is 0.200 e. The van der Waals surface area contributed by atoms with Gasteiger partial charge in [0, 0.05) is 4.90 Å². The van der Waals surface area contributed by atoms with Crippen LogP contribution in [0.15, 0.2) is 17.0 Å². The van der Waals surface area contributed by atoms with Crippen LogP contribution in [0.1, 0.15) is 26.2 Å². The molecule has 0 unspecified atom stereocenters. The first-order chi connectivity index (χ1) is 7.69. The van der Waals surface area contributed by atoms with Gasteiger partial charge in [-0.15, -0.1) is 11.8 Å². The van der Waals surface area contributed by atoms with Gasteiger partial charge in [0.15, 0.2) is 11.6 Å². The fourth-order valence-electron chi connectivity index (χ4n) is 1.30. The van der Waals surface area contributed by atoms with Crippen LogP contribution in [0.3, 0.4) is 0 Å². The fraction of sp³-hybridized carbons (Fsp3) is 0.500. The van der Waals surface area contributed by atoms with Crippen molar-refractivity contribution in [2.75, 3.05) is 12.9 Å². The molecule has 0 heterocycles. The second-order valence-electron chi connectivity index (χ2n) is 3.48. The SMILES string of the molecule is CCCCCOc1cc(SC)cc(F)c1F. The van der Waals surface area contributed by atoms with Crippen molar-refractivity contribution in [3.8, 4) is 5.75 Å². The second-order valence-corrected chi connectivity index (χ2v) is 4.36. The molecule has 90 valence electrons. The first-order valence-corrected chi connectivity index (χ1v) is 6.57. The normalized spacial score (nSPS) is 10.5. The maximum absolute atomic E-state index is 13.3. The molecule has 0 aliphatic rings. The highest BCUT2D eigenvalue weighted by Gasteiger charge is 2.11. The van der Waals surface area contributed by atoms with Crippen molar-refractivity contribution < 1.29 is 13.5 Å². The molecule has 0 radical (unpaired) electrons. The summed E-state index contributed by atoms with van der Waals surface area (Å²) in [6.45, 7) is 2.51. The molecule has 0 aliphatic carbocycles. The Morgan fingerprint density at radius 2 is 2.00 bits per heavy atom. The molecule has 0 fully saturated rings. The van der Waals surface area contributed by atoms with Crippen molar-refractivity contribution in [2.45, 2.75) is 31.1 Å². The maximum Gasteiger partial charge on any atom is 0.200 e. The second kappa shape index (κ2) is 6.74. The van der Waals surface area contributed by atoms with Gasteiger partial charge < -0.3 is 4.74 Å². The van der Waals surface area contributed by atoms with E-state index in [0.717, 1.165) is 19.3 Å². The van der Waals surface area contributed by atoms with Gasteiger partial charge in [-0.05, 0) is 24.8 Å². The molecule has 0 saturated carbocycles. The van der Waals surface area contributed by atoms with Crippen molar-refractivity contribution >= 4 is 11.8 Å². The van der Waals surface area contributed by atoms with Crippen LogP contribution < -0.4 is 4.74 Å². The van der Waals surface area contributed by atoms with Gasteiger partial charge in [-0.25, -0.2) is 4.39 Å². The molecule has 0 aromatic heterocycles. The predicted octanol–water partition coefficient (Wildman–Crippen LogP) is 4.26. The average molecular weight is 246 g/mol. The third-order valence-corrected chi connectivity index (χ3v) is 2.92. The molecule has 0 atom stereocenters. The number of halogens is 2. The Morgan fingerprint density at radius 3 is 2.62 bits per heavy atom. The molecule has 16 heavy (non-hydrogen) atoms. The van der Waals surface area contributed by atoms with E-state index in [-0.39, 0.29) is 5.75 Å². The van der Waals surface area contributed by atoms with Crippen LogP contribution in [0.5, 0.6) is 5.75 Å². The summed E-state index contributed by atoms with van der Waals surface area (Å²) in [5, 5.41) is 0. The highest BCUT2D eigenvalue weighted by atomic mass is 32.2. The quantitative estimate of drug-likeness (QED) is 0.548. The summed E-state index contributed by atoms with van der Waals surface area (Å²) in [7, 11) is 0. The number of hydrogen-bond acceptors (Lipinski definition) is 2. The molecular formula is C12H16F2OS. The van der Waals surface area contributed by atoms with Gasteiger partial charge >= 0.3 is 0 Å². The molecule has 1 aromatic rings. The molecule has 1 rings (SSSR count). The summed E-state index contributed by atoms with van der Waals surface area (Å²) in [4.78, 5) is 0.671. The molecule has 0 amide bonds. The monoisotopic (exact) mass is 246 g/mol. The number of benzene rings is 1. The zero-order valence-electron chi connectivity index (χ0n) is 9.56. The zero-order valence-corrected chi connectivity index (χ0v) is 10.4. The van der Waals surface area contributed by atoms with E-state index in [0.29, 0.717) is 11.5 Å². The zero-order chi connectivity index (χ0) is 12.0. The van der Waals surface area contributed by atoms with Crippen molar-refractivity contribution in [1.29, 1.82) is 0 Å². The van der Waals surface area contributed by atoms with E-state index in [1.54, 1.807) is 0 Å². The number of ether oxygens (including phenoxy) is 1. The Bertz CT molecular complexity index is 342. The first-order valence-electron chi connectivity index (χ1n) is 5.34. The Hall–Kier alpha value is -0.770. The standard InChI is InChI=1S/C12H16F2OS/c1-3-4-5-6-15-11-8-9(16-2)7-10(13)12(11)14/h7-8H,3-6H2,1-2H3. The van der Waals surface area contributed by atoms with E-state index < -0.39 is 11.6 Å². The van der Waals surface area contributed by atoms with E-state index >= 15 is 0 Å². The average Bonchev–Trinajstić information content (AvgIpc) is 2.29. The highest BCUT2D eigenvalue weighted by Crippen LogP contribution is 2.27. The summed E-state index contributed by atoms with van der Waals surface area (Å²) < 4.78 is 31.7. The van der Waals surface area contributed by atoms with Crippen LogP contribution >= 0.6 is 11.8 Å². The molecular weight excluding hydrogens is 230 g/mol. The van der Waals surface area contributed by atoms with Gasteiger partial charge in [0.2, 0.25) is 5.82 Å². The van der Waals surface area contributed by atoms with Gasteiger partial charge in [0.1, 0.15) is 0 Å². The summed E-state index contributed by atoms with van der Waals surface area (Å²) in [6, 6.07) is 2.72. The van der Waals surface area contributed by atoms with Crippen LogP contribution in [0.2, 0.25) is 0 Å². The fourth-order valence-corrected chi connectivity index (χ4v) is 1.74. The molecule has 0 saturated heterocycles. The van der Waals surface area contributed by atoms with E-state index in [2.05, 4.69) is 6.92 Å². The molecule has 0 aliphatic heterocycles. The summed E-state index contributed by atoms with van der Waals surface area (Å²) in [6.07, 6.45) is 4.78. The van der Waals surface area contributed by atoms with Gasteiger partial charge in [0.05, 0.1) is 6.61 Å². The Balaban J connectivity index is 2.66. The van der Waals surface area contributed by atoms with Gasteiger partial charge in [-0.2, -0.15) is 4.39 Å². The Kier molecular flexibility index (Phi) is 5.60. The third-order valence-electron chi connectivity index (χ3n) is 2.21. The largest absolute Gasteiger partial charge is 0.490 e. The van der Waals surface area contributed by atoms with Crippen molar-refractivity contribution in [1.82, 2.24) is 0 Å². The number of thioether (sulfide) groups is 1. The highest BCUT2D eigenvalue weighted by molar-refractivity contribution is 7.98. The number of hydrogen-bond donors (Lipinski definition) is 0. The molecule has 1 nitrogen and oxygen atoms in total. The van der Waals surface area contributed by atoms with Gasteiger partial charge in [-0.3, -0.25) is 0 Å². The van der Waals surface area contributed by atoms with E-state index in [4.69, 9.17) is 4.74 Å². The minimum atomic E-state index is -0.894. The first kappa shape index (κ1) is 13.3. The Labute approximate surface area is 99.2 Å². The number of unbranched alkanes of at least 4 members (excludes halogenated alkanes) is 2. The van der Waals surface area contributed by atoms with Crippen LogP contribution in [0.4, 0.5) is 8.78 Å². The lowest BCUT2D eigenvalue weighted by molar-refractivity contribution is 0.285. The maximum atomic E-state index is 13.3. The molecule has 0 spiro atoms.